The molecule has 0 saturated heterocycles. The highest BCUT2D eigenvalue weighted by Gasteiger charge is 2.13. The summed E-state index contributed by atoms with van der Waals surface area (Å²) in [6.45, 7) is 0. The molecule has 0 spiro atoms. The number of hydrazone groups is 1. The van der Waals surface area contributed by atoms with Gasteiger partial charge in [-0.1, -0.05) is 17.7 Å². The molecule has 22 heavy (non-hydrogen) atoms. The first-order valence-electron chi connectivity index (χ1n) is 6.41. The van der Waals surface area contributed by atoms with Crippen LogP contribution in [0.25, 0.3) is 0 Å². The Morgan fingerprint density at radius 1 is 1.27 bits per heavy atom. The SMILES string of the molecule is COC(=O)CCC/C(=N\Nc1cccc(Cl)c1Br)C(=O)OC. The van der Waals surface area contributed by atoms with Crippen molar-refractivity contribution in [3.8, 4) is 0 Å². The van der Waals surface area contributed by atoms with Gasteiger partial charge >= 0.3 is 11.9 Å². The summed E-state index contributed by atoms with van der Waals surface area (Å²) in [5, 5.41) is 4.56. The molecule has 0 bridgehead atoms. The molecule has 120 valence electrons. The van der Waals surface area contributed by atoms with E-state index in [0.29, 0.717) is 21.6 Å². The van der Waals surface area contributed by atoms with Gasteiger partial charge < -0.3 is 9.47 Å². The summed E-state index contributed by atoms with van der Waals surface area (Å²) < 4.78 is 9.86. The molecule has 0 amide bonds. The van der Waals surface area contributed by atoms with Crippen LogP contribution in [0.3, 0.4) is 0 Å². The summed E-state index contributed by atoms with van der Waals surface area (Å²) in [4.78, 5) is 22.8. The fourth-order valence-corrected chi connectivity index (χ4v) is 2.07. The highest BCUT2D eigenvalue weighted by atomic mass is 79.9. The van der Waals surface area contributed by atoms with Gasteiger partial charge in [0.15, 0.2) is 0 Å². The fraction of sp³-hybridized carbons (Fsp3) is 0.357. The maximum atomic E-state index is 11.7. The van der Waals surface area contributed by atoms with Gasteiger partial charge in [0.1, 0.15) is 5.71 Å². The molecule has 1 rings (SSSR count). The molecule has 0 unspecified atom stereocenters. The van der Waals surface area contributed by atoms with Gasteiger partial charge in [-0.3, -0.25) is 10.2 Å². The molecule has 1 N–H and O–H groups in total. The molecule has 0 atom stereocenters. The van der Waals surface area contributed by atoms with Crippen LogP contribution in [0.4, 0.5) is 5.69 Å². The van der Waals surface area contributed by atoms with Crippen LogP contribution < -0.4 is 5.43 Å². The lowest BCUT2D eigenvalue weighted by Crippen LogP contribution is -2.18. The zero-order valence-corrected chi connectivity index (χ0v) is 14.5. The third kappa shape index (κ3) is 5.65. The largest absolute Gasteiger partial charge is 0.469 e. The minimum atomic E-state index is -0.560. The van der Waals surface area contributed by atoms with E-state index in [-0.39, 0.29) is 24.5 Å². The van der Waals surface area contributed by atoms with Crippen molar-refractivity contribution in [2.24, 2.45) is 5.10 Å². The second-order valence-electron chi connectivity index (χ2n) is 4.19. The minimum Gasteiger partial charge on any atom is -0.469 e. The van der Waals surface area contributed by atoms with Gasteiger partial charge in [-0.15, -0.1) is 0 Å². The number of carbonyl (C=O) groups excluding carboxylic acids is 2. The average Bonchev–Trinajstić information content (AvgIpc) is 2.53. The number of rotatable bonds is 7. The van der Waals surface area contributed by atoms with E-state index in [9.17, 15) is 9.59 Å². The maximum absolute atomic E-state index is 11.7. The van der Waals surface area contributed by atoms with Crippen LogP contribution in [-0.4, -0.2) is 31.9 Å². The van der Waals surface area contributed by atoms with Gasteiger partial charge in [0.25, 0.3) is 0 Å². The number of nitrogens with one attached hydrogen (secondary N) is 1. The predicted molar refractivity (Wildman–Crippen MR) is 88.1 cm³/mol. The maximum Gasteiger partial charge on any atom is 0.354 e. The summed E-state index contributed by atoms with van der Waals surface area (Å²) in [6.07, 6.45) is 0.916. The summed E-state index contributed by atoms with van der Waals surface area (Å²) in [6, 6.07) is 5.22. The zero-order valence-electron chi connectivity index (χ0n) is 12.2. The molecular weight excluding hydrogens is 376 g/mol. The molecule has 0 heterocycles. The molecule has 0 saturated carbocycles. The molecule has 0 fully saturated rings. The van der Waals surface area contributed by atoms with Gasteiger partial charge in [0, 0.05) is 6.42 Å². The van der Waals surface area contributed by atoms with Crippen molar-refractivity contribution in [2.75, 3.05) is 19.6 Å². The Balaban J connectivity index is 2.76. The highest BCUT2D eigenvalue weighted by molar-refractivity contribution is 9.10. The van der Waals surface area contributed by atoms with Crippen LogP contribution in [0.5, 0.6) is 0 Å². The van der Waals surface area contributed by atoms with E-state index in [1.54, 1.807) is 18.2 Å². The molecular formula is C14H16BrClN2O4. The summed E-state index contributed by atoms with van der Waals surface area (Å²) in [7, 11) is 2.59. The normalized spacial score (nSPS) is 11.0. The van der Waals surface area contributed by atoms with Crippen molar-refractivity contribution in [3.05, 3.63) is 27.7 Å². The van der Waals surface area contributed by atoms with Crippen molar-refractivity contribution in [1.82, 2.24) is 0 Å². The van der Waals surface area contributed by atoms with E-state index in [4.69, 9.17) is 11.6 Å². The van der Waals surface area contributed by atoms with Crippen molar-refractivity contribution in [3.63, 3.8) is 0 Å². The first kappa shape index (κ1) is 18.4. The molecule has 6 nitrogen and oxygen atoms in total. The summed E-state index contributed by atoms with van der Waals surface area (Å²) >= 11 is 9.30. The molecule has 1 aromatic rings. The van der Waals surface area contributed by atoms with E-state index in [0.717, 1.165) is 0 Å². The van der Waals surface area contributed by atoms with Crippen molar-refractivity contribution in [2.45, 2.75) is 19.3 Å². The van der Waals surface area contributed by atoms with Gasteiger partial charge in [0.05, 0.1) is 29.4 Å². The number of anilines is 1. The number of esters is 2. The Morgan fingerprint density at radius 2 is 2.00 bits per heavy atom. The molecule has 0 aromatic heterocycles. The number of methoxy groups -OCH3 is 2. The lowest BCUT2D eigenvalue weighted by atomic mass is 10.1. The number of hydrogen-bond donors (Lipinski definition) is 1. The average molecular weight is 392 g/mol. The molecule has 0 aliphatic heterocycles. The number of halogens is 2. The van der Waals surface area contributed by atoms with E-state index in [2.05, 4.69) is 35.9 Å². The summed E-state index contributed by atoms with van der Waals surface area (Å²) in [5.74, 6) is -0.898. The number of nitrogens with zero attached hydrogens (tertiary/aromatic N) is 1. The second kappa shape index (κ2) is 9.42. The third-order valence-electron chi connectivity index (χ3n) is 2.71. The van der Waals surface area contributed by atoms with Gasteiger partial charge in [0.2, 0.25) is 0 Å². The summed E-state index contributed by atoms with van der Waals surface area (Å²) in [5.41, 5.74) is 3.55. The van der Waals surface area contributed by atoms with Crippen LogP contribution in [0.15, 0.2) is 27.8 Å². The first-order valence-corrected chi connectivity index (χ1v) is 7.58. The van der Waals surface area contributed by atoms with Crippen LogP contribution in [0.2, 0.25) is 5.02 Å². The van der Waals surface area contributed by atoms with Gasteiger partial charge in [-0.25, -0.2) is 4.79 Å². The Morgan fingerprint density at radius 3 is 2.64 bits per heavy atom. The predicted octanol–water partition coefficient (Wildman–Crippen LogP) is 3.39. The minimum absolute atomic E-state index is 0.179. The topological polar surface area (TPSA) is 77.0 Å². The molecule has 8 heteroatoms. The van der Waals surface area contributed by atoms with Crippen LogP contribution >= 0.6 is 27.5 Å². The van der Waals surface area contributed by atoms with E-state index in [1.165, 1.54) is 14.2 Å². The van der Waals surface area contributed by atoms with Crippen LogP contribution in [-0.2, 0) is 19.1 Å². The lowest BCUT2D eigenvalue weighted by molar-refractivity contribution is -0.140. The van der Waals surface area contributed by atoms with Crippen molar-refractivity contribution >= 4 is 50.9 Å². The number of carbonyl (C=O) groups is 2. The monoisotopic (exact) mass is 390 g/mol. The smallest absolute Gasteiger partial charge is 0.354 e. The number of hydrogen-bond acceptors (Lipinski definition) is 6. The molecule has 1 aromatic carbocycles. The van der Waals surface area contributed by atoms with Crippen LogP contribution in [0.1, 0.15) is 19.3 Å². The van der Waals surface area contributed by atoms with Crippen molar-refractivity contribution < 1.29 is 19.1 Å². The Kier molecular flexibility index (Phi) is 7.90. The molecule has 0 aliphatic carbocycles. The van der Waals surface area contributed by atoms with E-state index < -0.39 is 5.97 Å². The Bertz CT molecular complexity index is 578. The highest BCUT2D eigenvalue weighted by Crippen LogP contribution is 2.30. The third-order valence-corrected chi connectivity index (χ3v) is 4.10. The number of benzene rings is 1. The quantitative estimate of drug-likeness (QED) is 0.438. The van der Waals surface area contributed by atoms with E-state index >= 15 is 0 Å². The molecule has 0 radical (unpaired) electrons. The van der Waals surface area contributed by atoms with Crippen LogP contribution in [0, 0.1) is 0 Å². The second-order valence-corrected chi connectivity index (χ2v) is 5.39. The van der Waals surface area contributed by atoms with Gasteiger partial charge in [-0.05, 0) is 40.9 Å². The Hall–Kier alpha value is -1.60. The first-order chi connectivity index (χ1) is 10.5. The Labute approximate surface area is 141 Å². The zero-order chi connectivity index (χ0) is 16.5. The fourth-order valence-electron chi connectivity index (χ4n) is 1.54. The van der Waals surface area contributed by atoms with E-state index in [1.807, 2.05) is 0 Å². The standard InChI is InChI=1S/C14H16BrClN2O4/c1-21-12(19)8-4-7-11(14(20)22-2)18-17-10-6-3-5-9(16)13(10)15/h3,5-6,17H,4,7-8H2,1-2H3/b18-11+. The van der Waals surface area contributed by atoms with Crippen molar-refractivity contribution in [1.29, 1.82) is 0 Å². The molecule has 0 aliphatic rings. The number of ether oxygens (including phenoxy) is 2. The lowest BCUT2D eigenvalue weighted by Gasteiger charge is -2.08. The van der Waals surface area contributed by atoms with Gasteiger partial charge in [-0.2, -0.15) is 5.10 Å².